The van der Waals surface area contributed by atoms with Crippen molar-refractivity contribution in [1.82, 2.24) is 9.88 Å². The van der Waals surface area contributed by atoms with Gasteiger partial charge in [0.05, 0.1) is 6.61 Å². The van der Waals surface area contributed by atoms with Crippen molar-refractivity contribution in [2.45, 2.75) is 25.9 Å². The lowest BCUT2D eigenvalue weighted by atomic mass is 10.2. The van der Waals surface area contributed by atoms with Gasteiger partial charge in [0.15, 0.2) is 0 Å². The first-order valence-corrected chi connectivity index (χ1v) is 8.63. The highest BCUT2D eigenvalue weighted by atomic mass is 32.1. The monoisotopic (exact) mass is 372 g/mol. The third kappa shape index (κ3) is 5.45. The Labute approximate surface area is 148 Å². The summed E-state index contributed by atoms with van der Waals surface area (Å²) in [4.78, 5) is 17.2. The largest absolute Gasteiger partial charge is 0.494 e. The second-order valence-corrected chi connectivity index (χ2v) is 6.55. The number of hydrogen-bond acceptors (Lipinski definition) is 4. The van der Waals surface area contributed by atoms with Gasteiger partial charge in [0.25, 0.3) is 0 Å². The maximum Gasteiger partial charge on any atom is 0.471 e. The Morgan fingerprint density at radius 1 is 1.28 bits per heavy atom. The van der Waals surface area contributed by atoms with Crippen molar-refractivity contribution in [2.24, 2.45) is 0 Å². The molecule has 0 spiro atoms. The van der Waals surface area contributed by atoms with Crippen LogP contribution in [0.2, 0.25) is 0 Å². The summed E-state index contributed by atoms with van der Waals surface area (Å²) in [6.07, 6.45) is -1.71. The van der Waals surface area contributed by atoms with Crippen molar-refractivity contribution in [2.75, 3.05) is 20.2 Å². The van der Waals surface area contributed by atoms with E-state index in [-0.39, 0.29) is 13.2 Å². The lowest BCUT2D eigenvalue weighted by molar-refractivity contribution is -0.184. The predicted octanol–water partition coefficient (Wildman–Crippen LogP) is 4.16. The Kier molecular flexibility index (Phi) is 6.41. The van der Waals surface area contributed by atoms with E-state index in [0.717, 1.165) is 24.0 Å². The maximum absolute atomic E-state index is 12.2. The molecule has 25 heavy (non-hydrogen) atoms. The van der Waals surface area contributed by atoms with E-state index in [1.165, 1.54) is 4.88 Å². The highest BCUT2D eigenvalue weighted by Gasteiger charge is 2.40. The Morgan fingerprint density at radius 3 is 2.52 bits per heavy atom. The Balaban J connectivity index is 1.79. The van der Waals surface area contributed by atoms with Crippen molar-refractivity contribution < 1.29 is 22.7 Å². The van der Waals surface area contributed by atoms with Crippen molar-refractivity contribution in [3.8, 4) is 16.3 Å². The van der Waals surface area contributed by atoms with Gasteiger partial charge in [-0.2, -0.15) is 13.2 Å². The second kappa shape index (κ2) is 8.33. The van der Waals surface area contributed by atoms with Gasteiger partial charge in [-0.05, 0) is 37.1 Å². The molecule has 0 aliphatic carbocycles. The summed E-state index contributed by atoms with van der Waals surface area (Å²) in [6, 6.07) is 7.39. The highest BCUT2D eigenvalue weighted by Crippen LogP contribution is 2.27. The highest BCUT2D eigenvalue weighted by molar-refractivity contribution is 7.15. The molecule has 2 rings (SSSR count). The van der Waals surface area contributed by atoms with E-state index in [9.17, 15) is 18.0 Å². The summed E-state index contributed by atoms with van der Waals surface area (Å²) in [6.45, 7) is 2.29. The predicted molar refractivity (Wildman–Crippen MR) is 90.7 cm³/mol. The number of alkyl halides is 3. The topological polar surface area (TPSA) is 42.4 Å². The molecule has 8 heteroatoms. The number of carbonyl (C=O) groups is 1. The second-order valence-electron chi connectivity index (χ2n) is 5.44. The molecule has 0 saturated carbocycles. The first-order chi connectivity index (χ1) is 11.8. The quantitative estimate of drug-likeness (QED) is 0.686. The molecule has 1 amide bonds. The molecule has 0 fully saturated rings. The normalized spacial score (nSPS) is 11.4. The molecule has 0 saturated heterocycles. The van der Waals surface area contributed by atoms with E-state index in [4.69, 9.17) is 4.74 Å². The molecule has 0 radical (unpaired) electrons. The van der Waals surface area contributed by atoms with Crippen LogP contribution in [0.1, 0.15) is 18.2 Å². The lowest BCUT2D eigenvalue weighted by Crippen LogP contribution is -2.39. The van der Waals surface area contributed by atoms with E-state index in [2.05, 4.69) is 11.9 Å². The van der Waals surface area contributed by atoms with Gasteiger partial charge in [0.2, 0.25) is 0 Å². The maximum atomic E-state index is 12.2. The first kappa shape index (κ1) is 19.2. The van der Waals surface area contributed by atoms with Crippen LogP contribution in [0.4, 0.5) is 13.2 Å². The minimum Gasteiger partial charge on any atom is -0.494 e. The fourth-order valence-electron chi connectivity index (χ4n) is 2.11. The van der Waals surface area contributed by atoms with E-state index in [1.807, 2.05) is 18.3 Å². The van der Waals surface area contributed by atoms with Gasteiger partial charge in [0, 0.05) is 30.2 Å². The molecule has 1 aromatic carbocycles. The molecule has 136 valence electrons. The molecule has 4 nitrogen and oxygen atoms in total. The number of ether oxygens (including phenoxy) is 1. The molecule has 2 aromatic rings. The molecule has 1 aromatic heterocycles. The van der Waals surface area contributed by atoms with Crippen LogP contribution in [0.25, 0.3) is 10.6 Å². The number of aromatic nitrogens is 1. The van der Waals surface area contributed by atoms with E-state index >= 15 is 0 Å². The number of benzene rings is 1. The van der Waals surface area contributed by atoms with Gasteiger partial charge in [-0.25, -0.2) is 4.98 Å². The molecule has 0 bridgehead atoms. The van der Waals surface area contributed by atoms with Crippen molar-refractivity contribution in [3.05, 3.63) is 35.3 Å². The number of rotatable bonds is 7. The number of hydrogen-bond donors (Lipinski definition) is 0. The van der Waals surface area contributed by atoms with Crippen LogP contribution in [0, 0.1) is 0 Å². The van der Waals surface area contributed by atoms with Gasteiger partial charge >= 0.3 is 12.1 Å². The summed E-state index contributed by atoms with van der Waals surface area (Å²) in [5.41, 5.74) is 0.993. The fourth-order valence-corrected chi connectivity index (χ4v) is 2.97. The third-order valence-corrected chi connectivity index (χ3v) is 4.69. The lowest BCUT2D eigenvalue weighted by Gasteiger charge is -2.18. The minimum absolute atomic E-state index is 0.0185. The van der Waals surface area contributed by atoms with Crippen molar-refractivity contribution >= 4 is 17.2 Å². The van der Waals surface area contributed by atoms with Gasteiger partial charge in [0.1, 0.15) is 10.8 Å². The van der Waals surface area contributed by atoms with Crippen LogP contribution in [0.3, 0.4) is 0 Å². The van der Waals surface area contributed by atoms with Crippen molar-refractivity contribution in [3.63, 3.8) is 0 Å². The number of aryl methyl sites for hydroxylation is 1. The van der Waals surface area contributed by atoms with Gasteiger partial charge in [-0.15, -0.1) is 11.3 Å². The van der Waals surface area contributed by atoms with Crippen LogP contribution in [-0.4, -0.2) is 42.2 Å². The van der Waals surface area contributed by atoms with E-state index in [0.29, 0.717) is 17.1 Å². The summed E-state index contributed by atoms with van der Waals surface area (Å²) >= 11 is 1.64. The number of halogens is 3. The van der Waals surface area contributed by atoms with E-state index in [1.54, 1.807) is 23.5 Å². The van der Waals surface area contributed by atoms with Crippen LogP contribution in [0.5, 0.6) is 5.75 Å². The average molecular weight is 372 g/mol. The smallest absolute Gasteiger partial charge is 0.471 e. The molecule has 0 N–H and O–H groups in total. The zero-order valence-electron chi connectivity index (χ0n) is 14.0. The summed E-state index contributed by atoms with van der Waals surface area (Å²) in [5.74, 6) is -1.22. The average Bonchev–Trinajstić information content (AvgIpc) is 3.06. The zero-order valence-corrected chi connectivity index (χ0v) is 14.8. The SMILES string of the molecule is CCc1cnc(-c2ccc(OCCCN(C)C(=O)C(F)(F)F)cc2)s1. The Morgan fingerprint density at radius 2 is 1.96 bits per heavy atom. The molecular weight excluding hydrogens is 353 g/mol. The first-order valence-electron chi connectivity index (χ1n) is 7.81. The number of amides is 1. The standard InChI is InChI=1S/C17H19F3N2O2S/c1-3-14-11-21-15(25-14)12-5-7-13(8-6-12)24-10-4-9-22(2)16(23)17(18,19)20/h5-8,11H,3-4,9-10H2,1-2H3. The van der Waals surface area contributed by atoms with Crippen LogP contribution in [0.15, 0.2) is 30.5 Å². The van der Waals surface area contributed by atoms with Crippen LogP contribution >= 0.6 is 11.3 Å². The van der Waals surface area contributed by atoms with Gasteiger partial charge < -0.3 is 9.64 Å². The van der Waals surface area contributed by atoms with Gasteiger partial charge in [-0.3, -0.25) is 4.79 Å². The van der Waals surface area contributed by atoms with Crippen LogP contribution in [-0.2, 0) is 11.2 Å². The number of carbonyl (C=O) groups excluding carboxylic acids is 1. The molecular formula is C17H19F3N2O2S. The Bertz CT molecular complexity index is 699. The fraction of sp³-hybridized carbons (Fsp3) is 0.412. The zero-order chi connectivity index (χ0) is 18.4. The van der Waals surface area contributed by atoms with E-state index < -0.39 is 12.1 Å². The Hall–Kier alpha value is -2.09. The summed E-state index contributed by atoms with van der Waals surface area (Å²) in [5, 5.41) is 0.940. The summed E-state index contributed by atoms with van der Waals surface area (Å²) < 4.78 is 42.2. The van der Waals surface area contributed by atoms with Crippen LogP contribution < -0.4 is 4.74 Å². The number of nitrogens with zero attached hydrogens (tertiary/aromatic N) is 2. The molecule has 0 atom stereocenters. The molecule has 1 heterocycles. The third-order valence-electron chi connectivity index (χ3n) is 3.50. The van der Waals surface area contributed by atoms with Crippen molar-refractivity contribution in [1.29, 1.82) is 0 Å². The molecule has 0 unspecified atom stereocenters. The summed E-state index contributed by atoms with van der Waals surface area (Å²) in [7, 11) is 1.13. The minimum atomic E-state index is -4.83. The van der Waals surface area contributed by atoms with Gasteiger partial charge in [-0.1, -0.05) is 6.92 Å². The molecule has 0 aliphatic heterocycles. The molecule has 0 aliphatic rings. The number of thiazole rings is 1.